The predicted octanol–water partition coefficient (Wildman–Crippen LogP) is 0.655. The minimum atomic E-state index is -1.01. The van der Waals surface area contributed by atoms with Gasteiger partial charge >= 0.3 is 5.97 Å². The fraction of sp³-hybridized carbons (Fsp3) is 0.667. The summed E-state index contributed by atoms with van der Waals surface area (Å²) < 4.78 is 5.07. The Labute approximate surface area is 100 Å². The van der Waals surface area contributed by atoms with E-state index in [0.717, 1.165) is 18.4 Å². The third-order valence-corrected chi connectivity index (χ3v) is 3.23. The molecule has 5 heteroatoms. The van der Waals surface area contributed by atoms with Gasteiger partial charge in [-0.2, -0.15) is 0 Å². The largest absolute Gasteiger partial charge is 0.479 e. The monoisotopic (exact) mass is 239 g/mol. The molecule has 0 unspecified atom stereocenters. The Hall–Kier alpha value is -1.36. The lowest BCUT2D eigenvalue weighted by Gasteiger charge is -2.30. The molecule has 0 aromatic heterocycles. The lowest BCUT2D eigenvalue weighted by molar-refractivity contribution is -0.158. The van der Waals surface area contributed by atoms with Crippen LogP contribution in [0.5, 0.6) is 0 Å². The zero-order chi connectivity index (χ0) is 12.4. The van der Waals surface area contributed by atoms with E-state index in [0.29, 0.717) is 19.1 Å². The average molecular weight is 239 g/mol. The molecule has 0 bridgehead atoms. The molecule has 2 rings (SSSR count). The van der Waals surface area contributed by atoms with E-state index in [1.54, 1.807) is 11.0 Å². The first-order valence-corrected chi connectivity index (χ1v) is 5.89. The number of rotatable bonds is 3. The third-order valence-electron chi connectivity index (χ3n) is 3.23. The van der Waals surface area contributed by atoms with Crippen LogP contribution in [-0.2, 0) is 14.3 Å². The van der Waals surface area contributed by atoms with Crippen molar-refractivity contribution >= 4 is 11.9 Å². The van der Waals surface area contributed by atoms with Crippen LogP contribution in [-0.4, -0.2) is 47.7 Å². The number of hydrogen-bond acceptors (Lipinski definition) is 3. The van der Waals surface area contributed by atoms with Gasteiger partial charge in [-0.05, 0) is 25.7 Å². The molecular formula is C12H17NO4. The molecule has 1 aliphatic heterocycles. The van der Waals surface area contributed by atoms with Crippen LogP contribution in [0.4, 0.5) is 0 Å². The van der Waals surface area contributed by atoms with Gasteiger partial charge in [0, 0.05) is 12.6 Å². The first-order valence-electron chi connectivity index (χ1n) is 5.89. The molecule has 17 heavy (non-hydrogen) atoms. The summed E-state index contributed by atoms with van der Waals surface area (Å²) in [6.45, 7) is 2.86. The molecule has 0 radical (unpaired) electrons. The Morgan fingerprint density at radius 3 is 2.71 bits per heavy atom. The second kappa shape index (κ2) is 4.87. The molecular weight excluding hydrogens is 222 g/mol. The van der Waals surface area contributed by atoms with E-state index < -0.39 is 12.1 Å². The van der Waals surface area contributed by atoms with Crippen LogP contribution in [0, 0.1) is 5.92 Å². The maximum Gasteiger partial charge on any atom is 0.334 e. The van der Waals surface area contributed by atoms with Crippen molar-refractivity contribution in [1.29, 1.82) is 0 Å². The highest BCUT2D eigenvalue weighted by Gasteiger charge is 2.29. The Morgan fingerprint density at radius 1 is 1.41 bits per heavy atom. The van der Waals surface area contributed by atoms with Gasteiger partial charge in [-0.3, -0.25) is 4.79 Å². The van der Waals surface area contributed by atoms with Crippen LogP contribution in [0.2, 0.25) is 0 Å². The predicted molar refractivity (Wildman–Crippen MR) is 60.4 cm³/mol. The SMILES string of the molecule is C/C(=C\C(=O)N1CCO[C@H](C(=O)O)C1)C1CC1. The molecule has 5 nitrogen and oxygen atoms in total. The van der Waals surface area contributed by atoms with Gasteiger partial charge in [-0.1, -0.05) is 5.57 Å². The number of allylic oxidation sites excluding steroid dienone is 1. The topological polar surface area (TPSA) is 66.8 Å². The lowest BCUT2D eigenvalue weighted by atomic mass is 10.1. The number of carboxylic acid groups (broad SMARTS) is 1. The summed E-state index contributed by atoms with van der Waals surface area (Å²) in [6, 6.07) is 0. The van der Waals surface area contributed by atoms with E-state index in [-0.39, 0.29) is 12.5 Å². The Bertz CT molecular complexity index is 360. The summed E-state index contributed by atoms with van der Waals surface area (Å²) >= 11 is 0. The van der Waals surface area contributed by atoms with Crippen molar-refractivity contribution in [2.24, 2.45) is 5.92 Å². The molecule has 0 aromatic carbocycles. The molecule has 1 N–H and O–H groups in total. The molecule has 0 aromatic rings. The number of nitrogens with zero attached hydrogens (tertiary/aromatic N) is 1. The third kappa shape index (κ3) is 3.06. The number of carboxylic acids is 1. The number of morpholine rings is 1. The minimum Gasteiger partial charge on any atom is -0.479 e. The van der Waals surface area contributed by atoms with Crippen LogP contribution in [0.1, 0.15) is 19.8 Å². The van der Waals surface area contributed by atoms with Crippen molar-refractivity contribution in [3.63, 3.8) is 0 Å². The summed E-state index contributed by atoms with van der Waals surface area (Å²) in [5.41, 5.74) is 1.10. The number of hydrogen-bond donors (Lipinski definition) is 1. The number of aliphatic carboxylic acids is 1. The molecule has 1 heterocycles. The van der Waals surface area contributed by atoms with Crippen LogP contribution in [0.3, 0.4) is 0 Å². The summed E-state index contributed by atoms with van der Waals surface area (Å²) in [5.74, 6) is -0.537. The second-order valence-corrected chi connectivity index (χ2v) is 4.64. The highest BCUT2D eigenvalue weighted by Crippen LogP contribution is 2.35. The van der Waals surface area contributed by atoms with Gasteiger partial charge in [-0.15, -0.1) is 0 Å². The van der Waals surface area contributed by atoms with Crippen molar-refractivity contribution in [3.8, 4) is 0 Å². The number of ether oxygens (including phenoxy) is 1. The highest BCUT2D eigenvalue weighted by molar-refractivity contribution is 5.89. The maximum absolute atomic E-state index is 11.9. The molecule has 1 aliphatic carbocycles. The van der Waals surface area contributed by atoms with Crippen LogP contribution < -0.4 is 0 Å². The van der Waals surface area contributed by atoms with E-state index in [1.165, 1.54) is 0 Å². The molecule has 1 atom stereocenters. The highest BCUT2D eigenvalue weighted by atomic mass is 16.5. The zero-order valence-corrected chi connectivity index (χ0v) is 9.89. The van der Waals surface area contributed by atoms with Crippen LogP contribution in [0.15, 0.2) is 11.6 Å². The summed E-state index contributed by atoms with van der Waals surface area (Å²) in [4.78, 5) is 24.2. The molecule has 94 valence electrons. The first kappa shape index (κ1) is 12.1. The maximum atomic E-state index is 11.9. The van der Waals surface area contributed by atoms with E-state index in [4.69, 9.17) is 9.84 Å². The van der Waals surface area contributed by atoms with Gasteiger partial charge in [0.2, 0.25) is 5.91 Å². The molecule has 1 saturated heterocycles. The molecule has 2 fully saturated rings. The molecule has 0 spiro atoms. The Morgan fingerprint density at radius 2 is 2.12 bits per heavy atom. The second-order valence-electron chi connectivity index (χ2n) is 4.64. The van der Waals surface area contributed by atoms with Gasteiger partial charge in [0.05, 0.1) is 13.2 Å². The van der Waals surface area contributed by atoms with Gasteiger partial charge in [0.1, 0.15) is 0 Å². The van der Waals surface area contributed by atoms with Gasteiger partial charge in [0.25, 0.3) is 0 Å². The van der Waals surface area contributed by atoms with Gasteiger partial charge < -0.3 is 14.7 Å². The summed E-state index contributed by atoms with van der Waals surface area (Å²) in [5, 5.41) is 8.84. The van der Waals surface area contributed by atoms with Gasteiger partial charge in [0.15, 0.2) is 6.10 Å². The fourth-order valence-electron chi connectivity index (χ4n) is 1.94. The standard InChI is InChI=1S/C12H17NO4/c1-8(9-2-3-9)6-11(14)13-4-5-17-10(7-13)12(15)16/h6,9-10H,2-5,7H2,1H3,(H,15,16)/b8-6+/t10-/m0/s1. The first-order chi connectivity index (χ1) is 8.08. The van der Waals surface area contributed by atoms with Crippen molar-refractivity contribution in [3.05, 3.63) is 11.6 Å². The van der Waals surface area contributed by atoms with Gasteiger partial charge in [-0.25, -0.2) is 4.79 Å². The zero-order valence-electron chi connectivity index (χ0n) is 9.89. The molecule has 1 saturated carbocycles. The van der Waals surface area contributed by atoms with Crippen molar-refractivity contribution in [2.75, 3.05) is 19.7 Å². The van der Waals surface area contributed by atoms with E-state index in [1.807, 2.05) is 6.92 Å². The summed E-state index contributed by atoms with van der Waals surface area (Å²) in [7, 11) is 0. The smallest absolute Gasteiger partial charge is 0.334 e. The average Bonchev–Trinajstić information content (AvgIpc) is 3.12. The van der Waals surface area contributed by atoms with E-state index in [2.05, 4.69) is 0 Å². The van der Waals surface area contributed by atoms with E-state index in [9.17, 15) is 9.59 Å². The molecule has 1 amide bonds. The Kier molecular flexibility index (Phi) is 3.47. The number of amides is 1. The van der Waals surface area contributed by atoms with Crippen LogP contribution >= 0.6 is 0 Å². The minimum absolute atomic E-state index is 0.0936. The van der Waals surface area contributed by atoms with Crippen molar-refractivity contribution in [1.82, 2.24) is 4.90 Å². The van der Waals surface area contributed by atoms with Crippen molar-refractivity contribution in [2.45, 2.75) is 25.9 Å². The quantitative estimate of drug-likeness (QED) is 0.734. The van der Waals surface area contributed by atoms with Crippen LogP contribution in [0.25, 0.3) is 0 Å². The number of carbonyl (C=O) groups is 2. The van der Waals surface area contributed by atoms with E-state index >= 15 is 0 Å². The lowest BCUT2D eigenvalue weighted by Crippen LogP contribution is -2.48. The Balaban J connectivity index is 1.94. The number of carbonyl (C=O) groups excluding carboxylic acids is 1. The molecule has 2 aliphatic rings. The fourth-order valence-corrected chi connectivity index (χ4v) is 1.94. The normalized spacial score (nSPS) is 25.8. The summed E-state index contributed by atoms with van der Waals surface area (Å²) in [6.07, 6.45) is 3.08. The van der Waals surface area contributed by atoms with Crippen molar-refractivity contribution < 1.29 is 19.4 Å².